The van der Waals surface area contributed by atoms with Gasteiger partial charge in [0, 0.05) is 29.2 Å². The molecule has 44 heavy (non-hydrogen) atoms. The molecule has 242 valence electrons. The fraction of sp³-hybridized carbons (Fsp3) is 0.636. The van der Waals surface area contributed by atoms with E-state index in [9.17, 15) is 29.4 Å². The number of aliphatic hydroxyl groups excluding tert-OH is 2. The van der Waals surface area contributed by atoms with E-state index < -0.39 is 42.1 Å². The van der Waals surface area contributed by atoms with E-state index in [1.165, 1.54) is 0 Å². The molecule has 11 nitrogen and oxygen atoms in total. The number of aromatic amines is 1. The summed E-state index contributed by atoms with van der Waals surface area (Å²) in [4.78, 5) is 60.1. The second kappa shape index (κ2) is 15.5. The summed E-state index contributed by atoms with van der Waals surface area (Å²) >= 11 is 0. The van der Waals surface area contributed by atoms with Crippen LogP contribution in [0.3, 0.4) is 0 Å². The quantitative estimate of drug-likeness (QED) is 0.214. The summed E-state index contributed by atoms with van der Waals surface area (Å²) in [6.07, 6.45) is 6.21. The first-order chi connectivity index (χ1) is 21.2. The number of aliphatic hydroxyl groups is 2. The number of hydrogen-bond acceptors (Lipinski definition) is 6. The number of fused-ring (bicyclic) bond motifs is 2. The van der Waals surface area contributed by atoms with Crippen LogP contribution in [0.2, 0.25) is 0 Å². The number of unbranched alkanes of at least 4 members (excludes halogenated alkanes) is 2. The van der Waals surface area contributed by atoms with E-state index in [1.807, 2.05) is 45.0 Å². The number of aromatic nitrogens is 1. The van der Waals surface area contributed by atoms with Gasteiger partial charge in [-0.25, -0.2) is 0 Å². The summed E-state index contributed by atoms with van der Waals surface area (Å²) in [5, 5.41) is 30.7. The molecule has 3 heterocycles. The Hall–Kier alpha value is -3.44. The highest BCUT2D eigenvalue weighted by molar-refractivity contribution is 5.98. The topological polar surface area (TPSA) is 164 Å². The molecule has 2 fully saturated rings. The number of H-pyrrole nitrogens is 1. The summed E-state index contributed by atoms with van der Waals surface area (Å²) in [5.41, 5.74) is 1.20. The highest BCUT2D eigenvalue weighted by Crippen LogP contribution is 2.28. The van der Waals surface area contributed by atoms with Crippen molar-refractivity contribution >= 4 is 34.5 Å². The van der Waals surface area contributed by atoms with Crippen molar-refractivity contribution in [1.82, 2.24) is 25.8 Å². The first-order valence-electron chi connectivity index (χ1n) is 16.3. The highest BCUT2D eigenvalue weighted by Gasteiger charge is 2.42. The number of benzene rings is 1. The maximum atomic E-state index is 14.0. The molecule has 0 aliphatic carbocycles. The highest BCUT2D eigenvalue weighted by atomic mass is 16.3. The van der Waals surface area contributed by atoms with Crippen molar-refractivity contribution in [2.75, 3.05) is 6.54 Å². The molecule has 2 aliphatic heterocycles. The zero-order chi connectivity index (χ0) is 31.8. The average Bonchev–Trinajstić information content (AvgIpc) is 3.47. The lowest BCUT2D eigenvalue weighted by Gasteiger charge is -2.40. The molecule has 6 N–H and O–H groups in total. The SMILES string of the molecule is CCC(O)CCCCC[C@@H]1NC(=O)[C@H]2CCCCN2C(=O)[C@H](C(C)CC)NC(=O)[C@H](C(O)c2c[nH]c3ccccc23)NC1=O. The molecule has 2 saturated heterocycles. The number of hydrogen-bond donors (Lipinski definition) is 6. The number of amides is 4. The fourth-order valence-corrected chi connectivity index (χ4v) is 6.28. The summed E-state index contributed by atoms with van der Waals surface area (Å²) in [6, 6.07) is 3.30. The lowest BCUT2D eigenvalue weighted by atomic mass is 9.92. The molecule has 11 heteroatoms. The Morgan fingerprint density at radius 1 is 0.886 bits per heavy atom. The monoisotopic (exact) mass is 611 g/mol. The first-order valence-corrected chi connectivity index (χ1v) is 16.3. The van der Waals surface area contributed by atoms with Crippen LogP contribution in [0.5, 0.6) is 0 Å². The second-order valence-electron chi connectivity index (χ2n) is 12.4. The smallest absolute Gasteiger partial charge is 0.246 e. The van der Waals surface area contributed by atoms with Crippen molar-refractivity contribution in [3.8, 4) is 0 Å². The summed E-state index contributed by atoms with van der Waals surface area (Å²) in [7, 11) is 0. The lowest BCUT2D eigenvalue weighted by molar-refractivity contribution is -0.148. The predicted octanol–water partition coefficient (Wildman–Crippen LogP) is 2.82. The Labute approximate surface area is 259 Å². The van der Waals surface area contributed by atoms with Crippen molar-refractivity contribution in [2.45, 2.75) is 121 Å². The van der Waals surface area contributed by atoms with Crippen molar-refractivity contribution in [3.05, 3.63) is 36.0 Å². The minimum Gasteiger partial charge on any atom is -0.393 e. The molecule has 2 aromatic rings. The van der Waals surface area contributed by atoms with Gasteiger partial charge in [-0.2, -0.15) is 0 Å². The van der Waals surface area contributed by atoms with Crippen LogP contribution in [-0.2, 0) is 19.2 Å². The van der Waals surface area contributed by atoms with Crippen molar-refractivity contribution in [1.29, 1.82) is 0 Å². The Bertz CT molecular complexity index is 1300. The minimum absolute atomic E-state index is 0.249. The third kappa shape index (κ3) is 7.79. The van der Waals surface area contributed by atoms with Gasteiger partial charge in [-0.15, -0.1) is 0 Å². The van der Waals surface area contributed by atoms with Gasteiger partial charge in [0.15, 0.2) is 0 Å². The Morgan fingerprint density at radius 3 is 2.39 bits per heavy atom. The summed E-state index contributed by atoms with van der Waals surface area (Å²) < 4.78 is 0. The summed E-state index contributed by atoms with van der Waals surface area (Å²) in [6.45, 7) is 6.11. The van der Waals surface area contributed by atoms with E-state index >= 15 is 0 Å². The van der Waals surface area contributed by atoms with Crippen LogP contribution < -0.4 is 16.0 Å². The van der Waals surface area contributed by atoms with Crippen molar-refractivity contribution in [2.24, 2.45) is 5.92 Å². The molecule has 4 amide bonds. The Balaban J connectivity index is 1.67. The fourth-order valence-electron chi connectivity index (χ4n) is 6.28. The standard InChI is InChI=1S/C33H49N5O6/c1-4-20(3)27-33(44)38-18-12-11-17-26(38)31(42)35-25(16-8-6-7-13-21(39)5-2)30(41)37-28(32(43)36-27)29(40)23-19-34-24-15-10-9-14-22(23)24/h9-10,14-15,19-21,25-29,34,39-40H,4-8,11-13,16-18H2,1-3H3,(H,35,42)(H,36,43)(H,37,41)/t20?,21?,25-,26+,27-,28-,29?/m0/s1. The molecule has 1 aromatic carbocycles. The third-order valence-electron chi connectivity index (χ3n) is 9.34. The van der Waals surface area contributed by atoms with Gasteiger partial charge in [-0.1, -0.05) is 64.7 Å². The number of nitrogens with one attached hydrogen (secondary N) is 4. The molecule has 2 aliphatic rings. The number of rotatable bonds is 11. The summed E-state index contributed by atoms with van der Waals surface area (Å²) in [5.74, 6) is -2.20. The number of nitrogens with zero attached hydrogens (tertiary/aromatic N) is 1. The first kappa shape index (κ1) is 33.5. The van der Waals surface area contributed by atoms with Gasteiger partial charge in [0.1, 0.15) is 30.3 Å². The number of carbonyl (C=O) groups is 4. The maximum absolute atomic E-state index is 14.0. The average molecular weight is 612 g/mol. The van der Waals surface area contributed by atoms with Crippen LogP contribution in [0.15, 0.2) is 30.5 Å². The molecule has 0 bridgehead atoms. The van der Waals surface area contributed by atoms with Gasteiger partial charge in [0.05, 0.1) is 6.10 Å². The zero-order valence-corrected chi connectivity index (χ0v) is 26.2. The largest absolute Gasteiger partial charge is 0.393 e. The number of para-hydroxylation sites is 1. The Kier molecular flexibility index (Phi) is 11.8. The second-order valence-corrected chi connectivity index (χ2v) is 12.4. The van der Waals surface area contributed by atoms with Crippen LogP contribution >= 0.6 is 0 Å². The van der Waals surface area contributed by atoms with Crippen molar-refractivity contribution < 1.29 is 29.4 Å². The molecule has 3 unspecified atom stereocenters. The third-order valence-corrected chi connectivity index (χ3v) is 9.34. The molecule has 0 radical (unpaired) electrons. The minimum atomic E-state index is -1.43. The van der Waals surface area contributed by atoms with Gasteiger partial charge < -0.3 is 36.0 Å². The Morgan fingerprint density at radius 2 is 1.64 bits per heavy atom. The van der Waals surface area contributed by atoms with Crippen LogP contribution in [0.4, 0.5) is 0 Å². The van der Waals surface area contributed by atoms with Gasteiger partial charge in [-0.3, -0.25) is 19.2 Å². The van der Waals surface area contributed by atoms with E-state index in [0.717, 1.165) is 31.2 Å². The normalized spacial score (nSPS) is 25.6. The molecule has 1 aromatic heterocycles. The lowest BCUT2D eigenvalue weighted by Crippen LogP contribution is -2.64. The van der Waals surface area contributed by atoms with Gasteiger partial charge in [-0.05, 0) is 50.5 Å². The maximum Gasteiger partial charge on any atom is 0.246 e. The van der Waals surface area contributed by atoms with Gasteiger partial charge >= 0.3 is 0 Å². The van der Waals surface area contributed by atoms with Gasteiger partial charge in [0.25, 0.3) is 0 Å². The number of carbonyl (C=O) groups excluding carboxylic acids is 4. The molecular formula is C33H49N5O6. The van der Waals surface area contributed by atoms with Gasteiger partial charge in [0.2, 0.25) is 23.6 Å². The molecule has 4 rings (SSSR count). The molecule has 0 saturated carbocycles. The van der Waals surface area contributed by atoms with E-state index in [1.54, 1.807) is 11.1 Å². The van der Waals surface area contributed by atoms with E-state index in [0.29, 0.717) is 56.0 Å². The van der Waals surface area contributed by atoms with Crippen molar-refractivity contribution in [3.63, 3.8) is 0 Å². The number of piperidine rings is 1. The zero-order valence-electron chi connectivity index (χ0n) is 26.2. The van der Waals surface area contributed by atoms with E-state index in [4.69, 9.17) is 0 Å². The molecule has 7 atom stereocenters. The molecular weight excluding hydrogens is 562 g/mol. The predicted molar refractivity (Wildman–Crippen MR) is 167 cm³/mol. The molecule has 0 spiro atoms. The van der Waals surface area contributed by atoms with Crippen LogP contribution in [0.25, 0.3) is 10.9 Å². The van der Waals surface area contributed by atoms with E-state index in [-0.39, 0.29) is 23.8 Å². The van der Waals surface area contributed by atoms with Crippen LogP contribution in [0.1, 0.15) is 96.6 Å². The van der Waals surface area contributed by atoms with E-state index in [2.05, 4.69) is 20.9 Å². The van der Waals surface area contributed by atoms with Crippen LogP contribution in [-0.4, -0.2) is 80.5 Å². The van der Waals surface area contributed by atoms with Crippen LogP contribution in [0, 0.1) is 5.92 Å².